The zero-order chi connectivity index (χ0) is 24.6. The number of nitrogens with one attached hydrogen (secondary N) is 2. The number of rotatable bonds is 1. The second kappa shape index (κ2) is 7.53. The van der Waals surface area contributed by atoms with Gasteiger partial charge < -0.3 is 0 Å². The van der Waals surface area contributed by atoms with Crippen LogP contribution in [-0.4, -0.2) is 40.6 Å². The average Bonchev–Trinajstić information content (AvgIpc) is 3.61. The molecular weight excluding hydrogens is 477 g/mol. The minimum Gasteiger partial charge on any atom is -0.300 e. The second-order valence-electron chi connectivity index (χ2n) is 8.98. The highest BCUT2D eigenvalue weighted by atomic mass is 32.1. The molecule has 0 aliphatic carbocycles. The van der Waals surface area contributed by atoms with Crippen LogP contribution in [0.3, 0.4) is 0 Å². The number of carbonyl (C=O) groups excluding carboxylic acids is 1. The van der Waals surface area contributed by atoms with E-state index in [1.807, 2.05) is 32.0 Å². The molecule has 36 heavy (non-hydrogen) atoms. The van der Waals surface area contributed by atoms with Gasteiger partial charge in [-0.25, -0.2) is 14.4 Å². The molecule has 7 rings (SSSR count). The quantitative estimate of drug-likeness (QED) is 0.281. The largest absolute Gasteiger partial charge is 0.300 e. The molecule has 8 bridgehead atoms. The van der Waals surface area contributed by atoms with E-state index >= 15 is 4.39 Å². The SMILES string of the molecule is CC(C)C(=O)n1c2cncc(c2)c2cc3c(cc2F)[nH][nH]c-3c2nc3ccnc(c4ccc1s4)c3n2. The Morgan fingerprint density at radius 1 is 1.06 bits per heavy atom. The van der Waals surface area contributed by atoms with Crippen molar-refractivity contribution in [3.05, 3.63) is 60.8 Å². The summed E-state index contributed by atoms with van der Waals surface area (Å²) in [6.07, 6.45) is 4.93. The monoisotopic (exact) mass is 495 g/mol. The fourth-order valence-corrected chi connectivity index (χ4v) is 5.58. The van der Waals surface area contributed by atoms with Crippen LogP contribution in [-0.2, 0) is 0 Å². The molecule has 6 heterocycles. The Labute approximate surface area is 206 Å². The van der Waals surface area contributed by atoms with Crippen LogP contribution >= 0.6 is 11.3 Å². The van der Waals surface area contributed by atoms with Crippen molar-refractivity contribution < 1.29 is 9.18 Å². The number of hydrogen-bond acceptors (Lipinski definition) is 6. The second-order valence-corrected chi connectivity index (χ2v) is 10.0. The number of thiophene rings is 1. The summed E-state index contributed by atoms with van der Waals surface area (Å²) in [4.78, 5) is 32.6. The van der Waals surface area contributed by atoms with Crippen LogP contribution in [0, 0.1) is 11.7 Å². The van der Waals surface area contributed by atoms with Crippen molar-refractivity contribution in [1.29, 1.82) is 0 Å². The van der Waals surface area contributed by atoms with Crippen molar-refractivity contribution in [2.24, 2.45) is 5.92 Å². The molecule has 0 atom stereocenters. The Kier molecular flexibility index (Phi) is 4.37. The molecule has 2 aliphatic rings. The number of aromatic nitrogens is 7. The fraction of sp³-hybridized carbons (Fsp3) is 0.115. The van der Waals surface area contributed by atoms with Crippen LogP contribution in [0.5, 0.6) is 0 Å². The van der Waals surface area contributed by atoms with Crippen molar-refractivity contribution in [2.45, 2.75) is 13.8 Å². The molecule has 1 aromatic carbocycles. The first-order valence-electron chi connectivity index (χ1n) is 11.4. The molecule has 0 spiro atoms. The van der Waals surface area contributed by atoms with E-state index in [-0.39, 0.29) is 11.8 Å². The predicted octanol–water partition coefficient (Wildman–Crippen LogP) is 6.22. The highest BCUT2D eigenvalue weighted by Gasteiger charge is 2.18. The molecule has 8 nitrogen and oxygen atoms in total. The van der Waals surface area contributed by atoms with Crippen molar-refractivity contribution >= 4 is 70.8 Å². The summed E-state index contributed by atoms with van der Waals surface area (Å²) in [7, 11) is 0. The van der Waals surface area contributed by atoms with E-state index < -0.39 is 5.82 Å². The Bertz CT molecular complexity index is 2030. The van der Waals surface area contributed by atoms with Gasteiger partial charge in [0.25, 0.3) is 0 Å². The van der Waals surface area contributed by atoms with E-state index in [4.69, 9.17) is 9.97 Å². The van der Waals surface area contributed by atoms with Crippen LogP contribution < -0.4 is 0 Å². The molecule has 10 heteroatoms. The first-order chi connectivity index (χ1) is 17.5. The number of carbonyl (C=O) groups is 1. The third kappa shape index (κ3) is 3.01. The van der Waals surface area contributed by atoms with E-state index in [2.05, 4.69) is 20.2 Å². The van der Waals surface area contributed by atoms with Gasteiger partial charge in [0.15, 0.2) is 5.65 Å². The van der Waals surface area contributed by atoms with Gasteiger partial charge in [-0.3, -0.25) is 29.5 Å². The molecule has 0 amide bonds. The van der Waals surface area contributed by atoms with E-state index in [0.29, 0.717) is 54.5 Å². The standard InChI is InChI=1S/C26H18FN7OS/c1-12(2)26(35)34-14-7-13(10-28-11-14)15-8-16-19(9-17(15)27)32-33-22(16)25-30-18-5-6-29-24(23(18)31-25)20-3-4-21(34)36-20/h3-12,32-33H,1-2H3. The Hall–Kier alpha value is -4.44. The van der Waals surface area contributed by atoms with Crippen LogP contribution in [0.1, 0.15) is 18.6 Å². The number of H-pyrrole nitrogens is 2. The van der Waals surface area contributed by atoms with Gasteiger partial charge in [0.2, 0.25) is 5.91 Å². The number of halogens is 1. The zero-order valence-corrected chi connectivity index (χ0v) is 20.0. The molecule has 0 fully saturated rings. The minimum absolute atomic E-state index is 0.0910. The van der Waals surface area contributed by atoms with E-state index in [1.165, 1.54) is 17.4 Å². The van der Waals surface area contributed by atoms with Gasteiger partial charge in [-0.1, -0.05) is 13.8 Å². The minimum atomic E-state index is -0.409. The lowest BCUT2D eigenvalue weighted by atomic mass is 10.1. The van der Waals surface area contributed by atoms with Gasteiger partial charge in [-0.05, 0) is 30.3 Å². The van der Waals surface area contributed by atoms with E-state index in [1.54, 1.807) is 35.3 Å². The smallest absolute Gasteiger partial charge is 0.234 e. The molecule has 2 aliphatic heterocycles. The molecule has 0 saturated heterocycles. The summed E-state index contributed by atoms with van der Waals surface area (Å²) in [5.74, 6) is -0.767. The van der Waals surface area contributed by atoms with Crippen LogP contribution in [0.2, 0.25) is 0 Å². The Morgan fingerprint density at radius 3 is 2.81 bits per heavy atom. The summed E-state index contributed by atoms with van der Waals surface area (Å²) in [5, 5.41) is 7.05. The summed E-state index contributed by atoms with van der Waals surface area (Å²) in [6.45, 7) is 3.70. The van der Waals surface area contributed by atoms with Gasteiger partial charge in [-0.2, -0.15) is 0 Å². The normalized spacial score (nSPS) is 12.1. The average molecular weight is 496 g/mol. The molecule has 0 saturated carbocycles. The van der Waals surface area contributed by atoms with Gasteiger partial charge in [-0.15, -0.1) is 11.3 Å². The molecule has 0 radical (unpaired) electrons. The molecule has 0 unspecified atom stereocenters. The van der Waals surface area contributed by atoms with Gasteiger partial charge in [0, 0.05) is 40.7 Å². The molecule has 5 aromatic rings. The maximum absolute atomic E-state index is 15.3. The van der Waals surface area contributed by atoms with Crippen LogP contribution in [0.4, 0.5) is 4.39 Å². The highest BCUT2D eigenvalue weighted by molar-refractivity contribution is 7.24. The molecule has 176 valence electrons. The number of benzene rings is 1. The van der Waals surface area contributed by atoms with E-state index in [0.717, 1.165) is 10.3 Å². The predicted molar refractivity (Wildman–Crippen MR) is 139 cm³/mol. The number of pyridine rings is 2. The summed E-state index contributed by atoms with van der Waals surface area (Å²) in [5.41, 5.74) is 5.07. The van der Waals surface area contributed by atoms with Gasteiger partial charge >= 0.3 is 0 Å². The topological polar surface area (TPSA) is 105 Å². The number of nitrogens with zero attached hydrogens (tertiary/aromatic N) is 5. The lowest BCUT2D eigenvalue weighted by molar-refractivity contribution is 0.0865. The van der Waals surface area contributed by atoms with Crippen molar-refractivity contribution in [2.75, 3.05) is 0 Å². The third-order valence-corrected chi connectivity index (χ3v) is 7.40. The van der Waals surface area contributed by atoms with Crippen molar-refractivity contribution in [1.82, 2.24) is 34.7 Å². The van der Waals surface area contributed by atoms with Crippen LogP contribution in [0.25, 0.3) is 64.8 Å². The van der Waals surface area contributed by atoms with Crippen LogP contribution in [0.15, 0.2) is 55.0 Å². The van der Waals surface area contributed by atoms with Crippen molar-refractivity contribution in [3.8, 4) is 11.3 Å². The fourth-order valence-electron chi connectivity index (χ4n) is 4.55. The Balaban J connectivity index is 1.76. The lowest BCUT2D eigenvalue weighted by Crippen LogP contribution is -2.17. The molecule has 2 N–H and O–H groups in total. The van der Waals surface area contributed by atoms with Gasteiger partial charge in [0.1, 0.15) is 27.4 Å². The number of aromatic amines is 2. The number of hydrogen-bond donors (Lipinski definition) is 2. The highest BCUT2D eigenvalue weighted by Crippen LogP contribution is 2.33. The summed E-state index contributed by atoms with van der Waals surface area (Å²) in [6, 6.07) is 10.6. The number of fused-ring (bicyclic) bond motifs is 9. The van der Waals surface area contributed by atoms with Crippen molar-refractivity contribution in [3.63, 3.8) is 0 Å². The number of imidazole rings is 1. The lowest BCUT2D eigenvalue weighted by Gasteiger charge is -2.10. The first kappa shape index (κ1) is 20.9. The summed E-state index contributed by atoms with van der Waals surface area (Å²) < 4.78 is 17.8. The molecule has 4 aromatic heterocycles. The van der Waals surface area contributed by atoms with E-state index in [9.17, 15) is 4.79 Å². The third-order valence-electron chi connectivity index (χ3n) is 6.32. The maximum atomic E-state index is 15.3. The maximum Gasteiger partial charge on any atom is 0.234 e. The van der Waals surface area contributed by atoms with Gasteiger partial charge in [0.05, 0.1) is 27.4 Å². The molecular formula is C26H18FN7OS. The first-order valence-corrected chi connectivity index (χ1v) is 12.2. The zero-order valence-electron chi connectivity index (χ0n) is 19.2. The Morgan fingerprint density at radius 2 is 1.94 bits per heavy atom. The summed E-state index contributed by atoms with van der Waals surface area (Å²) >= 11 is 1.43.